The third kappa shape index (κ3) is 2.59. The Hall–Kier alpha value is -0.690. The van der Waals surface area contributed by atoms with Gasteiger partial charge in [-0.3, -0.25) is 0 Å². The number of nitrogens with zero attached hydrogens (tertiary/aromatic N) is 1. The predicted molar refractivity (Wildman–Crippen MR) is 89.2 cm³/mol. The highest BCUT2D eigenvalue weighted by Crippen LogP contribution is 2.37. The summed E-state index contributed by atoms with van der Waals surface area (Å²) in [6, 6.07) is 7.29. The van der Waals surface area contributed by atoms with Gasteiger partial charge in [0.15, 0.2) is 0 Å². The van der Waals surface area contributed by atoms with E-state index in [-0.39, 0.29) is 6.04 Å². The number of benzene rings is 1. The molecule has 112 valence electrons. The number of sulfonamides is 1. The van der Waals surface area contributed by atoms with Gasteiger partial charge in [-0.1, -0.05) is 6.07 Å². The lowest BCUT2D eigenvalue weighted by atomic mass is 10.0. The van der Waals surface area contributed by atoms with Gasteiger partial charge in [0.1, 0.15) is 0 Å². The summed E-state index contributed by atoms with van der Waals surface area (Å²) in [5.41, 5.74) is 2.17. The van der Waals surface area contributed by atoms with Gasteiger partial charge in [0.05, 0.1) is 4.90 Å². The Balaban J connectivity index is 2.03. The van der Waals surface area contributed by atoms with Crippen molar-refractivity contribution in [2.24, 2.45) is 0 Å². The molecular formula is C15H16BrNO2S2. The van der Waals surface area contributed by atoms with Crippen LogP contribution < -0.4 is 0 Å². The molecule has 0 N–H and O–H groups in total. The standard InChI is InChI=1S/C15H16BrNO2S2/c1-10-3-4-15(13(16)9-10)21(18,19)17-7-5-14-12(11(17)2)6-8-20-14/h3-4,6,8-9,11H,5,7H2,1-2H3. The summed E-state index contributed by atoms with van der Waals surface area (Å²) in [7, 11) is -3.49. The van der Waals surface area contributed by atoms with Gasteiger partial charge in [0.25, 0.3) is 0 Å². The van der Waals surface area contributed by atoms with E-state index in [2.05, 4.69) is 15.9 Å². The molecule has 0 spiro atoms. The van der Waals surface area contributed by atoms with Gasteiger partial charge < -0.3 is 0 Å². The SMILES string of the molecule is Cc1ccc(S(=O)(=O)N2CCc3sccc3C2C)c(Br)c1. The van der Waals surface area contributed by atoms with Gasteiger partial charge in [-0.05, 0) is 70.9 Å². The normalized spacial score (nSPS) is 19.5. The van der Waals surface area contributed by atoms with Gasteiger partial charge in [-0.15, -0.1) is 11.3 Å². The van der Waals surface area contributed by atoms with Crippen molar-refractivity contribution in [2.75, 3.05) is 6.54 Å². The molecule has 1 aliphatic heterocycles. The topological polar surface area (TPSA) is 37.4 Å². The van der Waals surface area contributed by atoms with E-state index in [1.54, 1.807) is 21.7 Å². The first kappa shape index (κ1) is 15.2. The molecule has 0 saturated heterocycles. The second kappa shape index (κ2) is 5.50. The van der Waals surface area contributed by atoms with Crippen molar-refractivity contribution in [3.8, 4) is 0 Å². The molecule has 0 aliphatic carbocycles. The molecule has 3 nitrogen and oxygen atoms in total. The number of thiophene rings is 1. The number of halogens is 1. The van der Waals surface area contributed by atoms with Gasteiger partial charge >= 0.3 is 0 Å². The average molecular weight is 386 g/mol. The minimum absolute atomic E-state index is 0.113. The van der Waals surface area contributed by atoms with E-state index in [0.717, 1.165) is 17.5 Å². The smallest absolute Gasteiger partial charge is 0.207 e. The van der Waals surface area contributed by atoms with Crippen molar-refractivity contribution in [3.63, 3.8) is 0 Å². The molecule has 6 heteroatoms. The van der Waals surface area contributed by atoms with Crippen LogP contribution in [0.1, 0.15) is 29.0 Å². The van der Waals surface area contributed by atoms with Crippen LogP contribution in [0.2, 0.25) is 0 Å². The lowest BCUT2D eigenvalue weighted by Crippen LogP contribution is -2.38. The second-order valence-corrected chi connectivity index (χ2v) is 8.99. The largest absolute Gasteiger partial charge is 0.244 e. The third-order valence-corrected chi connectivity index (χ3v) is 7.84. The minimum Gasteiger partial charge on any atom is -0.207 e. The predicted octanol–water partition coefficient (Wildman–Crippen LogP) is 4.13. The number of fused-ring (bicyclic) bond motifs is 1. The fourth-order valence-corrected chi connectivity index (χ4v) is 6.49. The summed E-state index contributed by atoms with van der Waals surface area (Å²) in [6.45, 7) is 4.45. The molecule has 21 heavy (non-hydrogen) atoms. The van der Waals surface area contributed by atoms with Crippen molar-refractivity contribution in [2.45, 2.75) is 31.2 Å². The van der Waals surface area contributed by atoms with E-state index >= 15 is 0 Å². The van der Waals surface area contributed by atoms with E-state index in [9.17, 15) is 8.42 Å². The first-order valence-electron chi connectivity index (χ1n) is 6.75. The summed E-state index contributed by atoms with van der Waals surface area (Å²) in [5, 5.41) is 2.04. The molecule has 1 atom stereocenters. The molecule has 1 aliphatic rings. The van der Waals surface area contributed by atoms with Gasteiger partial charge in [0, 0.05) is 21.9 Å². The zero-order valence-corrected chi connectivity index (χ0v) is 15.1. The Morgan fingerprint density at radius 3 is 2.81 bits per heavy atom. The highest BCUT2D eigenvalue weighted by atomic mass is 79.9. The molecule has 0 bridgehead atoms. The zero-order chi connectivity index (χ0) is 15.2. The van der Waals surface area contributed by atoms with Crippen LogP contribution in [0, 0.1) is 6.92 Å². The average Bonchev–Trinajstić information content (AvgIpc) is 2.87. The first-order chi connectivity index (χ1) is 9.91. The van der Waals surface area contributed by atoms with E-state index in [0.29, 0.717) is 15.9 Å². The summed E-state index contributed by atoms with van der Waals surface area (Å²) in [6.07, 6.45) is 0.792. The van der Waals surface area contributed by atoms with Crippen LogP contribution in [0.5, 0.6) is 0 Å². The molecule has 1 aromatic heterocycles. The maximum atomic E-state index is 13.0. The van der Waals surface area contributed by atoms with Gasteiger partial charge in [0.2, 0.25) is 10.0 Å². The van der Waals surface area contributed by atoms with Gasteiger partial charge in [-0.2, -0.15) is 4.31 Å². The van der Waals surface area contributed by atoms with Crippen LogP contribution in [-0.4, -0.2) is 19.3 Å². The molecule has 1 unspecified atom stereocenters. The van der Waals surface area contributed by atoms with Crippen molar-refractivity contribution >= 4 is 37.3 Å². The molecular weight excluding hydrogens is 370 g/mol. The molecule has 2 aromatic rings. The van der Waals surface area contributed by atoms with Crippen LogP contribution >= 0.6 is 27.3 Å². The minimum atomic E-state index is -3.49. The van der Waals surface area contributed by atoms with E-state index in [4.69, 9.17) is 0 Å². The highest BCUT2D eigenvalue weighted by Gasteiger charge is 2.35. The zero-order valence-electron chi connectivity index (χ0n) is 11.8. The lowest BCUT2D eigenvalue weighted by molar-refractivity contribution is 0.329. The second-order valence-electron chi connectivity index (χ2n) is 5.27. The Kier molecular flexibility index (Phi) is 3.98. The van der Waals surface area contributed by atoms with Crippen LogP contribution in [-0.2, 0) is 16.4 Å². The molecule has 0 radical (unpaired) electrons. The van der Waals surface area contributed by atoms with Crippen molar-refractivity contribution in [1.82, 2.24) is 4.31 Å². The van der Waals surface area contributed by atoms with Crippen molar-refractivity contribution in [3.05, 3.63) is 50.1 Å². The van der Waals surface area contributed by atoms with Crippen molar-refractivity contribution < 1.29 is 8.42 Å². The summed E-state index contributed by atoms with van der Waals surface area (Å²) in [5.74, 6) is 0. The Labute approximate surface area is 137 Å². The molecule has 2 heterocycles. The van der Waals surface area contributed by atoms with Crippen LogP contribution in [0.15, 0.2) is 39.0 Å². The van der Waals surface area contributed by atoms with Crippen molar-refractivity contribution in [1.29, 1.82) is 0 Å². The Morgan fingerprint density at radius 1 is 1.33 bits per heavy atom. The molecule has 0 fully saturated rings. The summed E-state index contributed by atoms with van der Waals surface area (Å²) >= 11 is 5.10. The number of aryl methyl sites for hydroxylation is 1. The van der Waals surface area contributed by atoms with E-state index in [1.165, 1.54) is 4.88 Å². The van der Waals surface area contributed by atoms with E-state index < -0.39 is 10.0 Å². The molecule has 0 amide bonds. The maximum Gasteiger partial charge on any atom is 0.244 e. The van der Waals surface area contributed by atoms with Crippen LogP contribution in [0.3, 0.4) is 0 Å². The fraction of sp³-hybridized carbons (Fsp3) is 0.333. The molecule has 0 saturated carbocycles. The lowest BCUT2D eigenvalue weighted by Gasteiger charge is -2.32. The number of hydrogen-bond acceptors (Lipinski definition) is 3. The van der Waals surface area contributed by atoms with E-state index in [1.807, 2.05) is 37.4 Å². The maximum absolute atomic E-state index is 13.0. The summed E-state index contributed by atoms with van der Waals surface area (Å²) < 4.78 is 28.2. The monoisotopic (exact) mass is 385 g/mol. The molecule has 3 rings (SSSR count). The van der Waals surface area contributed by atoms with Gasteiger partial charge in [-0.25, -0.2) is 8.42 Å². The number of rotatable bonds is 2. The van der Waals surface area contributed by atoms with Crippen LogP contribution in [0.25, 0.3) is 0 Å². The quantitative estimate of drug-likeness (QED) is 0.779. The third-order valence-electron chi connectivity index (χ3n) is 3.90. The Bertz CT molecular complexity index is 783. The fourth-order valence-electron chi connectivity index (χ4n) is 2.76. The Morgan fingerprint density at radius 2 is 2.10 bits per heavy atom. The number of hydrogen-bond donors (Lipinski definition) is 0. The first-order valence-corrected chi connectivity index (χ1v) is 9.87. The highest BCUT2D eigenvalue weighted by molar-refractivity contribution is 9.10. The van der Waals surface area contributed by atoms with Crippen LogP contribution in [0.4, 0.5) is 0 Å². The summed E-state index contributed by atoms with van der Waals surface area (Å²) in [4.78, 5) is 1.65. The molecule has 1 aromatic carbocycles.